The summed E-state index contributed by atoms with van der Waals surface area (Å²) in [6.45, 7) is 0.257. The van der Waals surface area contributed by atoms with Crippen LogP contribution in [-0.4, -0.2) is 16.7 Å². The largest absolute Gasteiger partial charge is 0.396 e. The SMILES string of the molecule is OCCCCc1cc(Cc2ccccc2)c2cc3ccccc3nc2c1. The van der Waals surface area contributed by atoms with Crippen molar-refractivity contribution in [3.05, 3.63) is 89.5 Å². The summed E-state index contributed by atoms with van der Waals surface area (Å²) in [5.41, 5.74) is 6.05. The number of benzene rings is 3. The Morgan fingerprint density at radius 2 is 1.54 bits per heavy atom. The Bertz CT molecular complexity index is 1020. The van der Waals surface area contributed by atoms with Crippen molar-refractivity contribution in [2.45, 2.75) is 25.7 Å². The summed E-state index contributed by atoms with van der Waals surface area (Å²) < 4.78 is 0. The van der Waals surface area contributed by atoms with E-state index in [1.165, 1.54) is 27.5 Å². The topological polar surface area (TPSA) is 33.1 Å². The van der Waals surface area contributed by atoms with Crippen molar-refractivity contribution in [2.24, 2.45) is 0 Å². The number of aliphatic hydroxyl groups excluding tert-OH is 1. The van der Waals surface area contributed by atoms with Crippen molar-refractivity contribution in [1.29, 1.82) is 0 Å². The highest BCUT2D eigenvalue weighted by Crippen LogP contribution is 2.27. The molecule has 26 heavy (non-hydrogen) atoms. The summed E-state index contributed by atoms with van der Waals surface area (Å²) in [6.07, 6.45) is 3.73. The molecule has 0 bridgehead atoms. The number of pyridine rings is 1. The Balaban J connectivity index is 1.82. The maximum absolute atomic E-state index is 9.07. The highest BCUT2D eigenvalue weighted by atomic mass is 16.2. The second-order valence-electron chi connectivity index (χ2n) is 6.85. The minimum Gasteiger partial charge on any atom is -0.396 e. The van der Waals surface area contributed by atoms with Gasteiger partial charge in [-0.1, -0.05) is 54.6 Å². The predicted octanol–water partition coefficient (Wildman–Crippen LogP) is 5.29. The average Bonchev–Trinajstić information content (AvgIpc) is 2.68. The van der Waals surface area contributed by atoms with Crippen molar-refractivity contribution in [2.75, 3.05) is 6.61 Å². The van der Waals surface area contributed by atoms with Crippen LogP contribution < -0.4 is 0 Å². The number of para-hydroxylation sites is 1. The summed E-state index contributed by atoms with van der Waals surface area (Å²) in [6, 6.07) is 25.7. The molecule has 0 radical (unpaired) electrons. The van der Waals surface area contributed by atoms with Crippen LogP contribution in [0.1, 0.15) is 29.5 Å². The minimum atomic E-state index is 0.257. The van der Waals surface area contributed by atoms with E-state index in [1.807, 2.05) is 6.07 Å². The van der Waals surface area contributed by atoms with Gasteiger partial charge in [-0.05, 0) is 60.6 Å². The molecule has 0 aliphatic carbocycles. The number of aliphatic hydroxyl groups is 1. The Morgan fingerprint density at radius 1 is 0.731 bits per heavy atom. The van der Waals surface area contributed by atoms with Crippen LogP contribution in [0.15, 0.2) is 72.8 Å². The molecule has 2 nitrogen and oxygen atoms in total. The molecule has 0 saturated carbocycles. The Kier molecular flexibility index (Phi) is 4.94. The fourth-order valence-corrected chi connectivity index (χ4v) is 3.56. The Morgan fingerprint density at radius 3 is 2.38 bits per heavy atom. The smallest absolute Gasteiger partial charge is 0.0715 e. The molecule has 130 valence electrons. The molecule has 0 spiro atoms. The van der Waals surface area contributed by atoms with Gasteiger partial charge < -0.3 is 5.11 Å². The van der Waals surface area contributed by atoms with Gasteiger partial charge in [-0.2, -0.15) is 0 Å². The molecule has 0 fully saturated rings. The lowest BCUT2D eigenvalue weighted by atomic mass is 9.95. The predicted molar refractivity (Wildman–Crippen MR) is 109 cm³/mol. The summed E-state index contributed by atoms with van der Waals surface area (Å²) in [5.74, 6) is 0. The monoisotopic (exact) mass is 341 g/mol. The minimum absolute atomic E-state index is 0.257. The van der Waals surface area contributed by atoms with Crippen molar-refractivity contribution < 1.29 is 5.11 Å². The molecule has 0 atom stereocenters. The van der Waals surface area contributed by atoms with Gasteiger partial charge in [0, 0.05) is 17.4 Å². The van der Waals surface area contributed by atoms with Crippen LogP contribution in [-0.2, 0) is 12.8 Å². The molecule has 0 unspecified atom stereocenters. The number of nitrogens with zero attached hydrogens (tertiary/aromatic N) is 1. The van der Waals surface area contributed by atoms with E-state index in [4.69, 9.17) is 10.1 Å². The van der Waals surface area contributed by atoms with Crippen LogP contribution in [0.5, 0.6) is 0 Å². The van der Waals surface area contributed by atoms with Crippen LogP contribution in [0.2, 0.25) is 0 Å². The first-order valence-corrected chi connectivity index (χ1v) is 9.29. The number of aromatic nitrogens is 1. The molecule has 4 rings (SSSR count). The first-order valence-electron chi connectivity index (χ1n) is 9.29. The van der Waals surface area contributed by atoms with Gasteiger partial charge in [0.1, 0.15) is 0 Å². The van der Waals surface area contributed by atoms with E-state index >= 15 is 0 Å². The first-order chi connectivity index (χ1) is 12.8. The number of unbranched alkanes of at least 4 members (excludes halogenated alkanes) is 1. The maximum atomic E-state index is 9.07. The third-order valence-corrected chi connectivity index (χ3v) is 4.89. The fraction of sp³-hybridized carbons (Fsp3) is 0.208. The molecule has 1 aromatic heterocycles. The fourth-order valence-electron chi connectivity index (χ4n) is 3.56. The molecular formula is C24H23NO. The molecular weight excluding hydrogens is 318 g/mol. The number of rotatable bonds is 6. The third kappa shape index (κ3) is 3.61. The van der Waals surface area contributed by atoms with Gasteiger partial charge in [-0.25, -0.2) is 4.98 Å². The average molecular weight is 341 g/mol. The van der Waals surface area contributed by atoms with Gasteiger partial charge in [0.2, 0.25) is 0 Å². The van der Waals surface area contributed by atoms with E-state index in [2.05, 4.69) is 66.7 Å². The van der Waals surface area contributed by atoms with Crippen LogP contribution in [0, 0.1) is 0 Å². The molecule has 1 N–H and O–H groups in total. The third-order valence-electron chi connectivity index (χ3n) is 4.89. The highest BCUT2D eigenvalue weighted by Gasteiger charge is 2.08. The van der Waals surface area contributed by atoms with Crippen molar-refractivity contribution in [3.8, 4) is 0 Å². The normalized spacial score (nSPS) is 11.3. The molecule has 0 saturated heterocycles. The lowest BCUT2D eigenvalue weighted by Crippen LogP contribution is -1.96. The quantitative estimate of drug-likeness (QED) is 0.382. The number of fused-ring (bicyclic) bond motifs is 2. The van der Waals surface area contributed by atoms with Gasteiger partial charge in [0.25, 0.3) is 0 Å². The Labute approximate surface area is 154 Å². The molecule has 4 aromatic rings. The zero-order valence-electron chi connectivity index (χ0n) is 14.9. The molecule has 0 amide bonds. The van der Waals surface area contributed by atoms with Crippen molar-refractivity contribution in [1.82, 2.24) is 4.98 Å². The van der Waals surface area contributed by atoms with Gasteiger partial charge in [-0.3, -0.25) is 0 Å². The van der Waals surface area contributed by atoms with Gasteiger partial charge in [-0.15, -0.1) is 0 Å². The lowest BCUT2D eigenvalue weighted by molar-refractivity contribution is 0.284. The maximum Gasteiger partial charge on any atom is 0.0715 e. The van der Waals surface area contributed by atoms with Gasteiger partial charge in [0.15, 0.2) is 0 Å². The van der Waals surface area contributed by atoms with E-state index in [1.54, 1.807) is 0 Å². The second kappa shape index (κ2) is 7.67. The molecule has 2 heteroatoms. The first kappa shape index (κ1) is 16.7. The summed E-state index contributed by atoms with van der Waals surface area (Å²) in [4.78, 5) is 4.92. The summed E-state index contributed by atoms with van der Waals surface area (Å²) >= 11 is 0. The molecule has 0 aliphatic heterocycles. The lowest BCUT2D eigenvalue weighted by Gasteiger charge is -2.12. The van der Waals surface area contributed by atoms with Crippen LogP contribution in [0.3, 0.4) is 0 Å². The van der Waals surface area contributed by atoms with Crippen LogP contribution in [0.25, 0.3) is 21.8 Å². The zero-order chi connectivity index (χ0) is 17.8. The standard InChI is InChI=1S/C24H23NO/c26-13-7-6-10-19-15-21(14-18-8-2-1-3-9-18)22-17-20-11-4-5-12-23(20)25-24(22)16-19/h1-5,8-9,11-12,15-17,26H,6-7,10,13-14H2. The molecule has 1 heterocycles. The Hall–Kier alpha value is -2.71. The van der Waals surface area contributed by atoms with Gasteiger partial charge in [0.05, 0.1) is 11.0 Å². The van der Waals surface area contributed by atoms with Crippen LogP contribution in [0.4, 0.5) is 0 Å². The molecule has 3 aromatic carbocycles. The number of hydrogen-bond acceptors (Lipinski definition) is 2. The van der Waals surface area contributed by atoms with E-state index in [0.717, 1.165) is 36.7 Å². The van der Waals surface area contributed by atoms with Gasteiger partial charge >= 0.3 is 0 Å². The summed E-state index contributed by atoms with van der Waals surface area (Å²) in [7, 11) is 0. The van der Waals surface area contributed by atoms with Crippen molar-refractivity contribution >= 4 is 21.8 Å². The number of aryl methyl sites for hydroxylation is 1. The van der Waals surface area contributed by atoms with E-state index in [-0.39, 0.29) is 6.61 Å². The molecule has 0 aliphatic rings. The van der Waals surface area contributed by atoms with E-state index < -0.39 is 0 Å². The van der Waals surface area contributed by atoms with Crippen molar-refractivity contribution in [3.63, 3.8) is 0 Å². The zero-order valence-corrected chi connectivity index (χ0v) is 14.9. The highest BCUT2D eigenvalue weighted by molar-refractivity contribution is 5.94. The van der Waals surface area contributed by atoms with E-state index in [0.29, 0.717) is 0 Å². The summed E-state index contributed by atoms with van der Waals surface area (Å²) in [5, 5.41) is 11.5. The second-order valence-corrected chi connectivity index (χ2v) is 6.85. The van der Waals surface area contributed by atoms with E-state index in [9.17, 15) is 0 Å². The van der Waals surface area contributed by atoms with Crippen LogP contribution >= 0.6 is 0 Å². The number of hydrogen-bond donors (Lipinski definition) is 1.